The van der Waals surface area contributed by atoms with E-state index in [0.29, 0.717) is 29.9 Å². The summed E-state index contributed by atoms with van der Waals surface area (Å²) in [5.41, 5.74) is 2.43. The minimum absolute atomic E-state index is 0.275. The summed E-state index contributed by atoms with van der Waals surface area (Å²) in [4.78, 5) is 2.10. The number of nitriles is 1. The van der Waals surface area contributed by atoms with Crippen LogP contribution in [0.2, 0.25) is 0 Å². The molecule has 0 radical (unpaired) electrons. The zero-order valence-corrected chi connectivity index (χ0v) is 15.6. The van der Waals surface area contributed by atoms with E-state index in [0.717, 1.165) is 5.56 Å². The fourth-order valence-corrected chi connectivity index (χ4v) is 4.48. The van der Waals surface area contributed by atoms with Gasteiger partial charge in [0.25, 0.3) is 0 Å². The Kier molecular flexibility index (Phi) is 4.99. The minimum atomic E-state index is -3.54. The van der Waals surface area contributed by atoms with Crippen LogP contribution in [0.25, 0.3) is 0 Å². The van der Waals surface area contributed by atoms with Gasteiger partial charge in [0.15, 0.2) is 0 Å². The molecule has 1 saturated heterocycles. The van der Waals surface area contributed by atoms with Crippen LogP contribution in [0, 0.1) is 31.0 Å². The van der Waals surface area contributed by atoms with Gasteiger partial charge in [-0.2, -0.15) is 9.57 Å². The highest BCUT2D eigenvalue weighted by molar-refractivity contribution is 7.89. The van der Waals surface area contributed by atoms with Crippen molar-refractivity contribution in [2.75, 3.05) is 31.1 Å². The molecule has 0 unspecified atom stereocenters. The average Bonchev–Trinajstić information content (AvgIpc) is 2.63. The first-order valence-electron chi connectivity index (χ1n) is 8.35. The Morgan fingerprint density at radius 2 is 1.65 bits per heavy atom. The largest absolute Gasteiger partial charge is 0.367 e. The number of piperazine rings is 1. The fourth-order valence-electron chi connectivity index (χ4n) is 3.06. The zero-order chi connectivity index (χ0) is 18.9. The topological polar surface area (TPSA) is 64.4 Å². The molecule has 26 heavy (non-hydrogen) atoms. The summed E-state index contributed by atoms with van der Waals surface area (Å²) in [5, 5.41) is 8.99. The molecular formula is C19H20FN3O2S. The van der Waals surface area contributed by atoms with Gasteiger partial charge in [-0.3, -0.25) is 0 Å². The van der Waals surface area contributed by atoms with Crippen LogP contribution in [-0.2, 0) is 10.0 Å². The third-order valence-corrected chi connectivity index (χ3v) is 6.57. The Hall–Kier alpha value is -2.43. The maximum Gasteiger partial charge on any atom is 0.243 e. The van der Waals surface area contributed by atoms with Gasteiger partial charge in [0.1, 0.15) is 5.82 Å². The molecule has 2 aromatic rings. The monoisotopic (exact) mass is 373 g/mol. The Bertz CT molecular complexity index is 958. The Labute approximate surface area is 153 Å². The lowest BCUT2D eigenvalue weighted by molar-refractivity contribution is 0.383. The van der Waals surface area contributed by atoms with E-state index in [1.807, 2.05) is 17.9 Å². The van der Waals surface area contributed by atoms with E-state index < -0.39 is 15.8 Å². The van der Waals surface area contributed by atoms with Crippen LogP contribution in [0.15, 0.2) is 41.3 Å². The maximum atomic E-state index is 14.3. The highest BCUT2D eigenvalue weighted by atomic mass is 32.2. The van der Waals surface area contributed by atoms with Gasteiger partial charge in [0.05, 0.1) is 22.2 Å². The molecule has 136 valence electrons. The lowest BCUT2D eigenvalue weighted by Crippen LogP contribution is -2.48. The molecule has 3 rings (SSSR count). The van der Waals surface area contributed by atoms with Crippen LogP contribution < -0.4 is 4.90 Å². The molecule has 0 spiro atoms. The van der Waals surface area contributed by atoms with Crippen LogP contribution in [0.3, 0.4) is 0 Å². The third kappa shape index (κ3) is 3.43. The SMILES string of the molecule is Cc1ccc(S(=O)(=O)N2CCN(c3cc(C)c(C#N)cc3F)CC2)cc1. The summed E-state index contributed by atoms with van der Waals surface area (Å²) in [6.45, 7) is 5.03. The molecule has 2 aromatic carbocycles. The number of aryl methyl sites for hydroxylation is 2. The highest BCUT2D eigenvalue weighted by Crippen LogP contribution is 2.26. The van der Waals surface area contributed by atoms with Gasteiger partial charge in [0, 0.05) is 26.2 Å². The van der Waals surface area contributed by atoms with Crippen LogP contribution in [0.1, 0.15) is 16.7 Å². The molecule has 7 heteroatoms. The van der Waals surface area contributed by atoms with Crippen molar-refractivity contribution in [1.29, 1.82) is 5.26 Å². The maximum absolute atomic E-state index is 14.3. The molecule has 0 saturated carbocycles. The van der Waals surface area contributed by atoms with Crippen LogP contribution in [-0.4, -0.2) is 38.9 Å². The molecule has 0 bridgehead atoms. The molecule has 1 aliphatic heterocycles. The van der Waals surface area contributed by atoms with Crippen LogP contribution in [0.5, 0.6) is 0 Å². The minimum Gasteiger partial charge on any atom is -0.367 e. The van der Waals surface area contributed by atoms with Crippen LogP contribution in [0.4, 0.5) is 10.1 Å². The molecule has 0 atom stereocenters. The first-order chi connectivity index (χ1) is 12.3. The van der Waals surface area contributed by atoms with Gasteiger partial charge in [-0.1, -0.05) is 17.7 Å². The van der Waals surface area contributed by atoms with Crippen molar-refractivity contribution in [3.8, 4) is 6.07 Å². The zero-order valence-electron chi connectivity index (χ0n) is 14.7. The van der Waals surface area contributed by atoms with Gasteiger partial charge >= 0.3 is 0 Å². The van der Waals surface area contributed by atoms with E-state index in [9.17, 15) is 12.8 Å². The van der Waals surface area contributed by atoms with E-state index in [1.165, 1.54) is 10.4 Å². The smallest absolute Gasteiger partial charge is 0.243 e. The number of benzene rings is 2. The lowest BCUT2D eigenvalue weighted by atomic mass is 10.1. The first kappa shape index (κ1) is 18.4. The number of nitrogens with zero attached hydrogens (tertiary/aromatic N) is 3. The molecular weight excluding hydrogens is 353 g/mol. The van der Waals surface area contributed by atoms with Crippen molar-refractivity contribution < 1.29 is 12.8 Å². The Morgan fingerprint density at radius 1 is 1.04 bits per heavy atom. The van der Waals surface area contributed by atoms with Gasteiger partial charge in [-0.05, 0) is 43.7 Å². The molecule has 5 nitrogen and oxygen atoms in total. The second-order valence-corrected chi connectivity index (χ2v) is 8.37. The van der Waals surface area contributed by atoms with Crippen molar-refractivity contribution in [1.82, 2.24) is 4.31 Å². The summed E-state index contributed by atoms with van der Waals surface area (Å²) in [7, 11) is -3.54. The molecule has 1 aliphatic rings. The van der Waals surface area contributed by atoms with E-state index >= 15 is 0 Å². The van der Waals surface area contributed by atoms with Crippen molar-refractivity contribution in [2.45, 2.75) is 18.7 Å². The molecule has 0 aliphatic carbocycles. The van der Waals surface area contributed by atoms with Crippen molar-refractivity contribution in [3.05, 3.63) is 58.9 Å². The molecule has 0 amide bonds. The summed E-state index contributed by atoms with van der Waals surface area (Å²) in [6, 6.07) is 11.6. The quantitative estimate of drug-likeness (QED) is 0.830. The molecule has 0 N–H and O–H groups in total. The van der Waals surface area contributed by atoms with Gasteiger partial charge in [-0.15, -0.1) is 0 Å². The fraction of sp³-hybridized carbons (Fsp3) is 0.316. The Balaban J connectivity index is 1.76. The Morgan fingerprint density at radius 3 is 2.23 bits per heavy atom. The van der Waals surface area contributed by atoms with Gasteiger partial charge in [0.2, 0.25) is 10.0 Å². The summed E-state index contributed by atoms with van der Waals surface area (Å²) in [6.07, 6.45) is 0. The predicted octanol–water partition coefficient (Wildman–Crippen LogP) is 2.83. The highest BCUT2D eigenvalue weighted by Gasteiger charge is 2.29. The molecule has 1 heterocycles. The average molecular weight is 373 g/mol. The number of rotatable bonds is 3. The van der Waals surface area contributed by atoms with Crippen molar-refractivity contribution >= 4 is 15.7 Å². The third-order valence-electron chi connectivity index (χ3n) is 4.65. The first-order valence-corrected chi connectivity index (χ1v) is 9.79. The summed E-state index contributed by atoms with van der Waals surface area (Å²) in [5.74, 6) is -0.456. The van der Waals surface area contributed by atoms with E-state index in [2.05, 4.69) is 0 Å². The number of anilines is 1. The normalized spacial score (nSPS) is 15.7. The summed E-state index contributed by atoms with van der Waals surface area (Å²) >= 11 is 0. The number of hydrogen-bond donors (Lipinski definition) is 0. The van der Waals surface area contributed by atoms with Crippen LogP contribution >= 0.6 is 0 Å². The predicted molar refractivity (Wildman–Crippen MR) is 98.0 cm³/mol. The second-order valence-electron chi connectivity index (χ2n) is 6.43. The number of sulfonamides is 1. The van der Waals surface area contributed by atoms with Gasteiger partial charge < -0.3 is 4.90 Å². The second kappa shape index (κ2) is 7.06. The van der Waals surface area contributed by atoms with E-state index in [1.54, 1.807) is 37.3 Å². The van der Waals surface area contributed by atoms with E-state index in [4.69, 9.17) is 5.26 Å². The number of halogens is 1. The van der Waals surface area contributed by atoms with E-state index in [-0.39, 0.29) is 18.0 Å². The lowest BCUT2D eigenvalue weighted by Gasteiger charge is -2.35. The molecule has 1 fully saturated rings. The van der Waals surface area contributed by atoms with Crippen molar-refractivity contribution in [2.24, 2.45) is 0 Å². The summed E-state index contributed by atoms with van der Waals surface area (Å²) < 4.78 is 41.2. The number of hydrogen-bond acceptors (Lipinski definition) is 4. The van der Waals surface area contributed by atoms with Gasteiger partial charge in [-0.25, -0.2) is 12.8 Å². The molecule has 0 aromatic heterocycles. The van der Waals surface area contributed by atoms with Crippen molar-refractivity contribution in [3.63, 3.8) is 0 Å². The standard InChI is InChI=1S/C19H20FN3O2S/c1-14-3-5-17(6-4-14)26(24,25)23-9-7-22(8-10-23)19-11-15(2)16(13-21)12-18(19)20/h3-6,11-12H,7-10H2,1-2H3.